The van der Waals surface area contributed by atoms with Gasteiger partial charge in [0.15, 0.2) is 11.3 Å². The number of hydrogen-bond acceptors (Lipinski definition) is 5. The van der Waals surface area contributed by atoms with Crippen LogP contribution in [-0.2, 0) is 17.8 Å². The van der Waals surface area contributed by atoms with Crippen molar-refractivity contribution in [2.75, 3.05) is 25.4 Å². The molecule has 0 radical (unpaired) electrons. The highest BCUT2D eigenvalue weighted by Crippen LogP contribution is 2.34. The SMILES string of the molecule is N#CC1CN(Cc2c(-c3ccccc3)nc3n2CCS3)CCO1. The fraction of sp³-hybridized carbons (Fsp3) is 0.412. The minimum Gasteiger partial charge on any atom is -0.361 e. The molecule has 1 aromatic carbocycles. The van der Waals surface area contributed by atoms with Crippen molar-refractivity contribution >= 4 is 11.8 Å². The van der Waals surface area contributed by atoms with Crippen LogP contribution in [0.15, 0.2) is 35.5 Å². The second kappa shape index (κ2) is 6.36. The standard InChI is InChI=1S/C17H18N4OS/c18-10-14-11-20(6-8-22-14)12-15-16(13-4-2-1-3-5-13)19-17-21(15)7-9-23-17/h1-5,14H,6-9,11-12H2. The van der Waals surface area contributed by atoms with Gasteiger partial charge in [-0.1, -0.05) is 42.1 Å². The van der Waals surface area contributed by atoms with Gasteiger partial charge in [0.2, 0.25) is 0 Å². The van der Waals surface area contributed by atoms with Gasteiger partial charge in [0.25, 0.3) is 0 Å². The summed E-state index contributed by atoms with van der Waals surface area (Å²) in [6.45, 7) is 3.98. The smallest absolute Gasteiger partial charge is 0.168 e. The predicted octanol–water partition coefficient (Wildman–Crippen LogP) is 2.38. The lowest BCUT2D eigenvalue weighted by Crippen LogP contribution is -2.41. The minimum absolute atomic E-state index is 0.320. The summed E-state index contributed by atoms with van der Waals surface area (Å²) >= 11 is 1.82. The number of ether oxygens (including phenoxy) is 1. The minimum atomic E-state index is -0.320. The lowest BCUT2D eigenvalue weighted by atomic mass is 10.1. The highest BCUT2D eigenvalue weighted by molar-refractivity contribution is 7.99. The van der Waals surface area contributed by atoms with Crippen LogP contribution in [0.5, 0.6) is 0 Å². The first-order chi connectivity index (χ1) is 11.3. The maximum absolute atomic E-state index is 9.10. The highest BCUT2D eigenvalue weighted by Gasteiger charge is 2.26. The molecule has 0 N–H and O–H groups in total. The summed E-state index contributed by atoms with van der Waals surface area (Å²) in [4.78, 5) is 7.17. The van der Waals surface area contributed by atoms with Crippen LogP contribution in [-0.4, -0.2) is 46.0 Å². The summed E-state index contributed by atoms with van der Waals surface area (Å²) in [6.07, 6.45) is -0.320. The molecule has 1 aromatic heterocycles. The predicted molar refractivity (Wildman–Crippen MR) is 89.0 cm³/mol. The normalized spacial score (nSPS) is 21.1. The fourth-order valence-corrected chi connectivity index (χ4v) is 4.13. The van der Waals surface area contributed by atoms with Crippen LogP contribution in [0.4, 0.5) is 0 Å². The van der Waals surface area contributed by atoms with Crippen molar-refractivity contribution in [3.05, 3.63) is 36.0 Å². The zero-order chi connectivity index (χ0) is 15.6. The van der Waals surface area contributed by atoms with Gasteiger partial charge in [-0.3, -0.25) is 4.90 Å². The van der Waals surface area contributed by atoms with E-state index in [0.717, 1.165) is 41.8 Å². The number of nitrogens with zero attached hydrogens (tertiary/aromatic N) is 4. The van der Waals surface area contributed by atoms with E-state index >= 15 is 0 Å². The topological polar surface area (TPSA) is 54.1 Å². The molecular formula is C17H18N4OS. The molecule has 23 heavy (non-hydrogen) atoms. The molecule has 0 aliphatic carbocycles. The molecule has 3 heterocycles. The number of rotatable bonds is 3. The number of morpholine rings is 1. The second-order valence-electron chi connectivity index (χ2n) is 5.78. The van der Waals surface area contributed by atoms with E-state index in [9.17, 15) is 0 Å². The van der Waals surface area contributed by atoms with Crippen LogP contribution in [0.25, 0.3) is 11.3 Å². The maximum Gasteiger partial charge on any atom is 0.168 e. The summed E-state index contributed by atoms with van der Waals surface area (Å²) in [6, 6.07) is 12.6. The molecule has 0 saturated carbocycles. The molecule has 6 heteroatoms. The van der Waals surface area contributed by atoms with Crippen molar-refractivity contribution in [1.29, 1.82) is 5.26 Å². The quantitative estimate of drug-likeness (QED) is 0.867. The Morgan fingerprint density at radius 3 is 3.00 bits per heavy atom. The third-order valence-corrected chi connectivity index (χ3v) is 5.26. The average Bonchev–Trinajstić information content (AvgIpc) is 3.19. The zero-order valence-corrected chi connectivity index (χ0v) is 13.6. The van der Waals surface area contributed by atoms with Crippen molar-refractivity contribution in [3.63, 3.8) is 0 Å². The van der Waals surface area contributed by atoms with Gasteiger partial charge in [0, 0.05) is 37.5 Å². The Balaban J connectivity index is 1.66. The summed E-state index contributed by atoms with van der Waals surface area (Å²) in [5.74, 6) is 1.09. The van der Waals surface area contributed by atoms with E-state index in [1.165, 1.54) is 5.69 Å². The van der Waals surface area contributed by atoms with Crippen LogP contribution in [0.3, 0.4) is 0 Å². The van der Waals surface area contributed by atoms with Crippen molar-refractivity contribution in [2.45, 2.75) is 24.3 Å². The van der Waals surface area contributed by atoms with Gasteiger partial charge in [-0.2, -0.15) is 5.26 Å². The Hall–Kier alpha value is -1.81. The summed E-state index contributed by atoms with van der Waals surface area (Å²) < 4.78 is 7.79. The molecule has 2 aliphatic rings. The third kappa shape index (κ3) is 2.88. The molecular weight excluding hydrogens is 308 g/mol. The molecule has 118 valence electrons. The van der Waals surface area contributed by atoms with Crippen molar-refractivity contribution < 1.29 is 4.74 Å². The van der Waals surface area contributed by atoms with Crippen LogP contribution in [0, 0.1) is 11.3 Å². The Morgan fingerprint density at radius 1 is 1.30 bits per heavy atom. The summed E-state index contributed by atoms with van der Waals surface area (Å²) in [5.41, 5.74) is 3.50. The molecule has 1 atom stereocenters. The van der Waals surface area contributed by atoms with Crippen LogP contribution < -0.4 is 0 Å². The molecule has 4 rings (SSSR count). The van der Waals surface area contributed by atoms with Crippen LogP contribution >= 0.6 is 11.8 Å². The van der Waals surface area contributed by atoms with Gasteiger partial charge in [-0.25, -0.2) is 4.98 Å². The van der Waals surface area contributed by atoms with Crippen molar-refractivity contribution in [1.82, 2.24) is 14.5 Å². The zero-order valence-electron chi connectivity index (χ0n) is 12.8. The third-order valence-electron chi connectivity index (χ3n) is 4.30. The van der Waals surface area contributed by atoms with E-state index in [1.54, 1.807) is 0 Å². The first kappa shape index (κ1) is 14.8. The number of nitriles is 1. The fourth-order valence-electron chi connectivity index (χ4n) is 3.16. The highest BCUT2D eigenvalue weighted by atomic mass is 32.2. The second-order valence-corrected chi connectivity index (χ2v) is 6.84. The lowest BCUT2D eigenvalue weighted by Gasteiger charge is -2.30. The van der Waals surface area contributed by atoms with E-state index in [2.05, 4.69) is 39.8 Å². The van der Waals surface area contributed by atoms with Crippen molar-refractivity contribution in [3.8, 4) is 17.3 Å². The number of fused-ring (bicyclic) bond motifs is 1. The molecule has 1 unspecified atom stereocenters. The first-order valence-electron chi connectivity index (χ1n) is 7.86. The van der Waals surface area contributed by atoms with E-state index < -0.39 is 0 Å². The number of hydrogen-bond donors (Lipinski definition) is 0. The number of imidazole rings is 1. The Bertz CT molecular complexity index is 737. The van der Waals surface area contributed by atoms with Gasteiger partial charge in [0.1, 0.15) is 0 Å². The largest absolute Gasteiger partial charge is 0.361 e. The van der Waals surface area contributed by atoms with Gasteiger partial charge in [-0.05, 0) is 0 Å². The van der Waals surface area contributed by atoms with Gasteiger partial charge in [0.05, 0.1) is 24.1 Å². The summed E-state index contributed by atoms with van der Waals surface area (Å²) in [7, 11) is 0. The number of benzene rings is 1. The van der Waals surface area contributed by atoms with Gasteiger partial charge >= 0.3 is 0 Å². The van der Waals surface area contributed by atoms with E-state index in [-0.39, 0.29) is 6.10 Å². The number of aromatic nitrogens is 2. The van der Waals surface area contributed by atoms with E-state index in [4.69, 9.17) is 15.0 Å². The van der Waals surface area contributed by atoms with Crippen molar-refractivity contribution in [2.24, 2.45) is 0 Å². The van der Waals surface area contributed by atoms with Crippen LogP contribution in [0.2, 0.25) is 0 Å². The summed E-state index contributed by atoms with van der Waals surface area (Å²) in [5, 5.41) is 10.2. The maximum atomic E-state index is 9.10. The lowest BCUT2D eigenvalue weighted by molar-refractivity contribution is -0.00344. The molecule has 2 aromatic rings. The Kier molecular flexibility index (Phi) is 4.08. The van der Waals surface area contributed by atoms with Crippen LogP contribution in [0.1, 0.15) is 5.69 Å². The molecule has 0 bridgehead atoms. The van der Waals surface area contributed by atoms with E-state index in [0.29, 0.717) is 13.2 Å². The monoisotopic (exact) mass is 326 g/mol. The molecule has 5 nitrogen and oxygen atoms in total. The molecule has 0 spiro atoms. The number of thioether (sulfide) groups is 1. The molecule has 1 saturated heterocycles. The van der Waals surface area contributed by atoms with Gasteiger partial charge in [-0.15, -0.1) is 0 Å². The molecule has 0 amide bonds. The molecule has 1 fully saturated rings. The van der Waals surface area contributed by atoms with Gasteiger partial charge < -0.3 is 9.30 Å². The average molecular weight is 326 g/mol. The molecule has 2 aliphatic heterocycles. The Morgan fingerprint density at radius 2 is 2.17 bits per heavy atom. The Labute approximate surface area is 139 Å². The van der Waals surface area contributed by atoms with E-state index in [1.807, 2.05) is 17.8 Å². The first-order valence-corrected chi connectivity index (χ1v) is 8.85.